The van der Waals surface area contributed by atoms with Gasteiger partial charge in [0, 0.05) is 12.6 Å². The fourth-order valence-corrected chi connectivity index (χ4v) is 4.71. The van der Waals surface area contributed by atoms with Crippen molar-refractivity contribution in [3.8, 4) is 5.75 Å². The van der Waals surface area contributed by atoms with Gasteiger partial charge < -0.3 is 9.64 Å². The Morgan fingerprint density at radius 2 is 1.72 bits per heavy atom. The van der Waals surface area contributed by atoms with Crippen LogP contribution in [0.3, 0.4) is 0 Å². The van der Waals surface area contributed by atoms with E-state index in [0.29, 0.717) is 6.54 Å². The van der Waals surface area contributed by atoms with Crippen LogP contribution in [0.5, 0.6) is 5.75 Å². The van der Waals surface area contributed by atoms with Gasteiger partial charge in [0.25, 0.3) is 11.5 Å². The molecule has 4 aromatic rings. The van der Waals surface area contributed by atoms with Gasteiger partial charge in [0.05, 0.1) is 12.6 Å². The predicted molar refractivity (Wildman–Crippen MR) is 139 cm³/mol. The van der Waals surface area contributed by atoms with Crippen molar-refractivity contribution in [2.24, 2.45) is 0 Å². The number of hydrogen-bond donors (Lipinski definition) is 0. The molecule has 1 atom stereocenters. The number of rotatable bonds is 8. The van der Waals surface area contributed by atoms with Crippen molar-refractivity contribution in [2.75, 3.05) is 6.61 Å². The molecule has 1 amide bonds. The van der Waals surface area contributed by atoms with Gasteiger partial charge in [-0.1, -0.05) is 72.3 Å². The summed E-state index contributed by atoms with van der Waals surface area (Å²) >= 11 is 0. The Balaban J connectivity index is 1.40. The number of para-hydroxylation sites is 1. The van der Waals surface area contributed by atoms with Gasteiger partial charge in [0.1, 0.15) is 18.1 Å². The Hall–Kier alpha value is -4.19. The van der Waals surface area contributed by atoms with Gasteiger partial charge in [-0.15, -0.1) is 0 Å². The van der Waals surface area contributed by atoms with Crippen molar-refractivity contribution in [3.05, 3.63) is 129 Å². The molecule has 5 rings (SSSR count). The van der Waals surface area contributed by atoms with Crippen LogP contribution in [0.1, 0.15) is 45.2 Å². The zero-order valence-corrected chi connectivity index (χ0v) is 20.3. The summed E-state index contributed by atoms with van der Waals surface area (Å²) in [5.41, 5.74) is 4.69. The summed E-state index contributed by atoms with van der Waals surface area (Å²) in [5.74, 6) is 0.539. The first-order chi connectivity index (χ1) is 17.6. The molecule has 1 aliphatic rings. The lowest BCUT2D eigenvalue weighted by Gasteiger charge is -2.30. The summed E-state index contributed by atoms with van der Waals surface area (Å²) in [5, 5.41) is 4.44. The number of hydrogen-bond acceptors (Lipinski definition) is 4. The van der Waals surface area contributed by atoms with Gasteiger partial charge in [-0.3, -0.25) is 9.59 Å². The molecule has 0 saturated carbocycles. The minimum Gasteiger partial charge on any atom is -0.492 e. The van der Waals surface area contributed by atoms with Gasteiger partial charge in [0.15, 0.2) is 0 Å². The summed E-state index contributed by atoms with van der Waals surface area (Å²) < 4.78 is 7.03. The molecule has 0 radical (unpaired) electrons. The second-order valence-corrected chi connectivity index (χ2v) is 9.11. The van der Waals surface area contributed by atoms with Crippen molar-refractivity contribution in [1.82, 2.24) is 14.7 Å². The van der Waals surface area contributed by atoms with Crippen molar-refractivity contribution in [2.45, 2.75) is 38.9 Å². The predicted octanol–water partition coefficient (Wildman–Crippen LogP) is 4.96. The summed E-state index contributed by atoms with van der Waals surface area (Å²) in [7, 11) is 0. The molecule has 6 nitrogen and oxygen atoms in total. The van der Waals surface area contributed by atoms with Crippen LogP contribution < -0.4 is 10.3 Å². The largest absolute Gasteiger partial charge is 0.492 e. The molecule has 0 bridgehead atoms. The molecule has 1 aromatic heterocycles. The molecule has 0 N–H and O–H groups in total. The van der Waals surface area contributed by atoms with Crippen molar-refractivity contribution in [3.63, 3.8) is 0 Å². The topological polar surface area (TPSA) is 64.4 Å². The first kappa shape index (κ1) is 23.5. The fourth-order valence-electron chi connectivity index (χ4n) is 4.71. The van der Waals surface area contributed by atoms with Gasteiger partial charge in [-0.05, 0) is 54.7 Å². The van der Waals surface area contributed by atoms with Crippen LogP contribution in [0.25, 0.3) is 0 Å². The SMILES string of the molecule is Cc1ccc(CN(C(=O)c2ccc(=O)n(CCOc3ccccc3)n2)C2CCc3ccccc32)cc1. The molecule has 0 spiro atoms. The molecular weight excluding hydrogens is 450 g/mol. The van der Waals surface area contributed by atoms with Gasteiger partial charge in [0.2, 0.25) is 0 Å². The number of nitrogens with zero attached hydrogens (tertiary/aromatic N) is 3. The summed E-state index contributed by atoms with van der Waals surface area (Å²) in [6.45, 7) is 3.04. The third-order valence-corrected chi connectivity index (χ3v) is 6.61. The van der Waals surface area contributed by atoms with Crippen LogP contribution in [-0.2, 0) is 19.5 Å². The Bertz CT molecular complexity index is 1400. The van der Waals surface area contributed by atoms with E-state index >= 15 is 0 Å². The maximum atomic E-state index is 13.9. The minimum atomic E-state index is -0.264. The molecule has 3 aromatic carbocycles. The van der Waals surface area contributed by atoms with Gasteiger partial charge in [-0.2, -0.15) is 5.10 Å². The number of carbonyl (C=O) groups is 1. The van der Waals surface area contributed by atoms with E-state index in [1.54, 1.807) is 0 Å². The highest BCUT2D eigenvalue weighted by Crippen LogP contribution is 2.37. The molecule has 6 heteroatoms. The molecule has 0 saturated heterocycles. The number of aryl methyl sites for hydroxylation is 2. The molecular formula is C30H29N3O3. The molecule has 1 heterocycles. The third-order valence-electron chi connectivity index (χ3n) is 6.61. The first-order valence-corrected chi connectivity index (χ1v) is 12.3. The lowest BCUT2D eigenvalue weighted by molar-refractivity contribution is 0.0648. The van der Waals surface area contributed by atoms with Crippen LogP contribution in [0.2, 0.25) is 0 Å². The summed E-state index contributed by atoms with van der Waals surface area (Å²) in [4.78, 5) is 28.3. The number of ether oxygens (including phenoxy) is 1. The number of amides is 1. The van der Waals surface area contributed by atoms with E-state index in [1.165, 1.54) is 33.5 Å². The van der Waals surface area contributed by atoms with E-state index in [-0.39, 0.29) is 36.4 Å². The Labute approximate surface area is 210 Å². The van der Waals surface area contributed by atoms with E-state index in [9.17, 15) is 9.59 Å². The van der Waals surface area contributed by atoms with Gasteiger partial charge in [-0.25, -0.2) is 4.68 Å². The first-order valence-electron chi connectivity index (χ1n) is 12.3. The Morgan fingerprint density at radius 3 is 2.53 bits per heavy atom. The second-order valence-electron chi connectivity index (χ2n) is 9.11. The van der Waals surface area contributed by atoms with Crippen LogP contribution >= 0.6 is 0 Å². The average molecular weight is 480 g/mol. The Morgan fingerprint density at radius 1 is 0.972 bits per heavy atom. The number of carbonyl (C=O) groups excluding carboxylic acids is 1. The van der Waals surface area contributed by atoms with E-state index in [1.807, 2.05) is 47.4 Å². The summed E-state index contributed by atoms with van der Waals surface area (Å²) in [6, 6.07) is 28.9. The lowest BCUT2D eigenvalue weighted by Crippen LogP contribution is -2.36. The molecule has 36 heavy (non-hydrogen) atoms. The van der Waals surface area contributed by atoms with Crippen LogP contribution in [0, 0.1) is 6.92 Å². The van der Waals surface area contributed by atoms with E-state index in [4.69, 9.17) is 4.74 Å². The highest BCUT2D eigenvalue weighted by Gasteiger charge is 2.32. The monoisotopic (exact) mass is 479 g/mol. The molecule has 0 aliphatic heterocycles. The normalized spacial score (nSPS) is 14.3. The molecule has 0 fully saturated rings. The van der Waals surface area contributed by atoms with Crippen LogP contribution in [-0.4, -0.2) is 27.2 Å². The Kier molecular flexibility index (Phi) is 6.94. The highest BCUT2D eigenvalue weighted by molar-refractivity contribution is 5.92. The molecule has 1 unspecified atom stereocenters. The minimum absolute atomic E-state index is 0.0430. The van der Waals surface area contributed by atoms with Crippen molar-refractivity contribution in [1.29, 1.82) is 0 Å². The highest BCUT2D eigenvalue weighted by atomic mass is 16.5. The second kappa shape index (κ2) is 10.6. The fraction of sp³-hybridized carbons (Fsp3) is 0.233. The van der Waals surface area contributed by atoms with Crippen LogP contribution in [0.4, 0.5) is 0 Å². The van der Waals surface area contributed by atoms with Gasteiger partial charge >= 0.3 is 0 Å². The van der Waals surface area contributed by atoms with E-state index < -0.39 is 0 Å². The number of benzene rings is 3. The standard InChI is InChI=1S/C30H29N3O3/c1-22-11-13-23(14-12-22)21-32(28-17-15-24-7-5-6-10-26(24)28)30(35)27-16-18-29(34)33(31-27)19-20-36-25-8-3-2-4-9-25/h2-14,16,18,28H,15,17,19-21H2,1H3. The quantitative estimate of drug-likeness (QED) is 0.358. The van der Waals surface area contributed by atoms with E-state index in [0.717, 1.165) is 24.2 Å². The maximum absolute atomic E-state index is 13.9. The molecule has 1 aliphatic carbocycles. The average Bonchev–Trinajstić information content (AvgIpc) is 3.34. The number of fused-ring (bicyclic) bond motifs is 1. The summed E-state index contributed by atoms with van der Waals surface area (Å²) in [6.07, 6.45) is 1.80. The maximum Gasteiger partial charge on any atom is 0.275 e. The zero-order valence-electron chi connectivity index (χ0n) is 20.3. The van der Waals surface area contributed by atoms with Crippen molar-refractivity contribution < 1.29 is 9.53 Å². The lowest BCUT2D eigenvalue weighted by atomic mass is 10.0. The smallest absolute Gasteiger partial charge is 0.275 e. The van der Waals surface area contributed by atoms with E-state index in [2.05, 4.69) is 48.4 Å². The zero-order chi connectivity index (χ0) is 24.9. The number of aromatic nitrogens is 2. The molecule has 182 valence electrons. The third kappa shape index (κ3) is 5.23. The van der Waals surface area contributed by atoms with Crippen LogP contribution in [0.15, 0.2) is 95.8 Å². The van der Waals surface area contributed by atoms with Crippen molar-refractivity contribution >= 4 is 5.91 Å².